The lowest BCUT2D eigenvalue weighted by atomic mass is 9.87. The van der Waals surface area contributed by atoms with Crippen LogP contribution >= 0.6 is 0 Å². The summed E-state index contributed by atoms with van der Waals surface area (Å²) < 4.78 is 66.1. The zero-order chi connectivity index (χ0) is 32.6. The van der Waals surface area contributed by atoms with Crippen molar-refractivity contribution >= 4 is 22.1 Å². The molecule has 5 rings (SSSR count). The fourth-order valence-corrected chi connectivity index (χ4v) is 4.79. The summed E-state index contributed by atoms with van der Waals surface area (Å²) in [7, 11) is 0. The third kappa shape index (κ3) is 4.80. The topological polar surface area (TPSA) is 38.9 Å². The van der Waals surface area contributed by atoms with Crippen molar-refractivity contribution in [3.63, 3.8) is 0 Å². The highest BCUT2D eigenvalue weighted by molar-refractivity contribution is 6.08. The second kappa shape index (κ2) is 9.45. The van der Waals surface area contributed by atoms with Gasteiger partial charge in [-0.2, -0.15) is 0 Å². The minimum absolute atomic E-state index is 0.0425. The molecule has 0 amide bonds. The molecule has 37 heavy (non-hydrogen) atoms. The first-order valence-corrected chi connectivity index (χ1v) is 12.6. The number of hydrogen-bond donors (Lipinski definition) is 0. The van der Waals surface area contributed by atoms with E-state index in [1.807, 2.05) is 70.2 Å². The fourth-order valence-electron chi connectivity index (χ4n) is 4.79. The molecular weight excluding hydrogens is 452 g/mol. The van der Waals surface area contributed by atoms with Crippen molar-refractivity contribution in [2.24, 2.45) is 5.41 Å². The van der Waals surface area contributed by atoms with Crippen molar-refractivity contribution in [3.8, 4) is 22.5 Å². The average molecular weight is 498 g/mol. The number of aryl methyl sites for hydroxylation is 1. The smallest absolute Gasteiger partial charge is 0.227 e. The van der Waals surface area contributed by atoms with Crippen molar-refractivity contribution in [2.75, 3.05) is 0 Å². The lowest BCUT2D eigenvalue weighted by Gasteiger charge is -2.19. The Hall–Kier alpha value is -3.46. The number of fused-ring (bicyclic) bond motifs is 3. The van der Waals surface area contributed by atoms with Gasteiger partial charge in [-0.15, -0.1) is 0 Å². The van der Waals surface area contributed by atoms with Gasteiger partial charge in [-0.25, -0.2) is 4.98 Å². The fraction of sp³-hybridized carbons (Fsp3) is 0.353. The van der Waals surface area contributed by atoms with Gasteiger partial charge in [0.05, 0.1) is 11.4 Å². The summed E-state index contributed by atoms with van der Waals surface area (Å²) in [6, 6.07) is 16.5. The molecule has 0 aliphatic rings. The van der Waals surface area contributed by atoms with E-state index in [-0.39, 0.29) is 11.1 Å². The Kier molecular flexibility index (Phi) is 4.57. The van der Waals surface area contributed by atoms with Crippen LogP contribution in [0.4, 0.5) is 0 Å². The number of aromatic nitrogens is 2. The van der Waals surface area contributed by atoms with E-state index >= 15 is 0 Å². The normalized spacial score (nSPS) is 16.5. The van der Waals surface area contributed by atoms with E-state index in [0.717, 1.165) is 27.5 Å². The van der Waals surface area contributed by atoms with E-state index < -0.39 is 30.4 Å². The molecule has 3 aromatic heterocycles. The Morgan fingerprint density at radius 2 is 1.62 bits per heavy atom. The molecule has 0 N–H and O–H groups in total. The Bertz CT molecular complexity index is 1850. The Morgan fingerprint density at radius 3 is 2.27 bits per heavy atom. The van der Waals surface area contributed by atoms with Gasteiger partial charge in [0.25, 0.3) is 0 Å². The van der Waals surface area contributed by atoms with Crippen molar-refractivity contribution in [1.29, 1.82) is 0 Å². The van der Waals surface area contributed by atoms with Crippen LogP contribution in [0.5, 0.6) is 0 Å². The molecular formula is C34H38N2O. The maximum absolute atomic E-state index is 8.80. The molecule has 0 fully saturated rings. The van der Waals surface area contributed by atoms with E-state index in [9.17, 15) is 0 Å². The van der Waals surface area contributed by atoms with Gasteiger partial charge in [-0.05, 0) is 76.9 Å². The molecule has 0 aliphatic heterocycles. The summed E-state index contributed by atoms with van der Waals surface area (Å²) in [5.41, 5.74) is 3.73. The Morgan fingerprint density at radius 1 is 0.919 bits per heavy atom. The van der Waals surface area contributed by atoms with Gasteiger partial charge in [0.1, 0.15) is 5.58 Å². The zero-order valence-corrected chi connectivity index (χ0v) is 22.6. The summed E-state index contributed by atoms with van der Waals surface area (Å²) in [5, 5.41) is 1.54. The molecule has 2 aromatic carbocycles. The quantitative estimate of drug-likeness (QED) is 0.242. The molecule has 0 radical (unpaired) electrons. The van der Waals surface area contributed by atoms with Crippen LogP contribution in [0.25, 0.3) is 44.6 Å². The van der Waals surface area contributed by atoms with Crippen LogP contribution in [-0.4, -0.2) is 9.97 Å². The first kappa shape index (κ1) is 17.9. The van der Waals surface area contributed by atoms with E-state index in [1.54, 1.807) is 26.8 Å². The van der Waals surface area contributed by atoms with E-state index in [2.05, 4.69) is 4.98 Å². The predicted octanol–water partition coefficient (Wildman–Crippen LogP) is 9.85. The molecule has 0 saturated carbocycles. The lowest BCUT2D eigenvalue weighted by molar-refractivity contribution is 0.410. The molecule has 0 atom stereocenters. The number of nitrogens with zero attached hydrogens (tertiary/aromatic N) is 2. The van der Waals surface area contributed by atoms with E-state index in [1.165, 1.54) is 12.3 Å². The van der Waals surface area contributed by atoms with Crippen LogP contribution in [0.3, 0.4) is 0 Å². The van der Waals surface area contributed by atoms with Crippen molar-refractivity contribution in [1.82, 2.24) is 9.97 Å². The summed E-state index contributed by atoms with van der Waals surface area (Å²) in [6.45, 7) is 9.91. The molecule has 3 heteroatoms. The Labute approximate surface area is 230 Å². The number of pyridine rings is 2. The maximum Gasteiger partial charge on any atom is 0.227 e. The average Bonchev–Trinajstić information content (AvgIpc) is 3.28. The zero-order valence-electron chi connectivity index (χ0n) is 29.6. The summed E-state index contributed by atoms with van der Waals surface area (Å²) in [6.07, 6.45) is -0.603. The lowest BCUT2D eigenvalue weighted by Crippen LogP contribution is -2.10. The first-order chi connectivity index (χ1) is 20.1. The SMILES string of the molecule is [2H]C([2H])([2H])c1cc(-c2cccc3c2oc2nc(-c4c(C([2H])(C)C)cccc4C([2H])(C)C)ccc23)ncc1C([2H])([2H])C(C)(C)C. The molecule has 0 unspecified atom stereocenters. The third-order valence-corrected chi connectivity index (χ3v) is 6.45. The maximum atomic E-state index is 8.80. The molecule has 0 bridgehead atoms. The second-order valence-electron chi connectivity index (χ2n) is 11.1. The Balaban J connectivity index is 1.73. The molecule has 5 aromatic rings. The number of rotatable bonds is 5. The summed E-state index contributed by atoms with van der Waals surface area (Å²) >= 11 is 0. The molecule has 0 saturated heterocycles. The van der Waals surface area contributed by atoms with Gasteiger partial charge in [0, 0.05) is 37.7 Å². The highest BCUT2D eigenvalue weighted by Gasteiger charge is 2.20. The number of hydrogen-bond acceptors (Lipinski definition) is 3. The van der Waals surface area contributed by atoms with Crippen LogP contribution in [0.2, 0.25) is 0 Å². The number of benzene rings is 2. The third-order valence-electron chi connectivity index (χ3n) is 6.45. The monoisotopic (exact) mass is 497 g/mol. The molecule has 3 heterocycles. The largest absolute Gasteiger partial charge is 0.437 e. The van der Waals surface area contributed by atoms with Gasteiger partial charge in [-0.1, -0.05) is 78.8 Å². The minimum atomic E-state index is -2.56. The minimum Gasteiger partial charge on any atom is -0.437 e. The van der Waals surface area contributed by atoms with Crippen molar-refractivity contribution < 1.29 is 14.0 Å². The number of para-hydroxylation sites is 1. The van der Waals surface area contributed by atoms with Crippen LogP contribution in [0.15, 0.2) is 65.2 Å². The first-order valence-electron chi connectivity index (χ1n) is 16.1. The van der Waals surface area contributed by atoms with Crippen LogP contribution in [0, 0.1) is 12.3 Å². The standard InChI is InChI=1S/C34H38N2O/c1-20(2)24-11-9-12-25(21(3)4)31(24)29-16-15-27-26-13-10-14-28(32(26)37-33(27)36-29)30-17-22(5)23(19-35-30)18-34(6,7)8/h9-17,19-21H,18H2,1-8H3/i5D3,18D2,20D,21D. The van der Waals surface area contributed by atoms with Crippen LogP contribution < -0.4 is 0 Å². The molecule has 3 nitrogen and oxygen atoms in total. The van der Waals surface area contributed by atoms with Gasteiger partial charge >= 0.3 is 0 Å². The van der Waals surface area contributed by atoms with E-state index in [0.29, 0.717) is 28.2 Å². The molecule has 190 valence electrons. The van der Waals surface area contributed by atoms with Crippen LogP contribution in [0.1, 0.15) is 92.1 Å². The van der Waals surface area contributed by atoms with Crippen molar-refractivity contribution in [2.45, 2.75) is 73.5 Å². The summed E-state index contributed by atoms with van der Waals surface area (Å²) in [5.74, 6) is -1.87. The number of furan rings is 1. The highest BCUT2D eigenvalue weighted by atomic mass is 16.3. The van der Waals surface area contributed by atoms with Gasteiger partial charge in [0.2, 0.25) is 5.71 Å². The summed E-state index contributed by atoms with van der Waals surface area (Å²) in [4.78, 5) is 9.46. The van der Waals surface area contributed by atoms with Crippen LogP contribution in [-0.2, 0) is 6.37 Å². The van der Waals surface area contributed by atoms with Gasteiger partial charge in [0.15, 0.2) is 0 Å². The second-order valence-corrected chi connectivity index (χ2v) is 11.1. The molecule has 0 aliphatic carbocycles. The molecule has 0 spiro atoms. The van der Waals surface area contributed by atoms with Gasteiger partial charge < -0.3 is 4.42 Å². The van der Waals surface area contributed by atoms with Gasteiger partial charge in [-0.3, -0.25) is 4.98 Å². The predicted molar refractivity (Wildman–Crippen MR) is 156 cm³/mol. The highest BCUT2D eigenvalue weighted by Crippen LogP contribution is 2.39. The van der Waals surface area contributed by atoms with E-state index in [4.69, 9.17) is 19.0 Å². The van der Waals surface area contributed by atoms with Crippen molar-refractivity contribution in [3.05, 3.63) is 83.0 Å².